The average molecular weight is 505 g/mol. The molecule has 0 aromatic carbocycles. The van der Waals surface area contributed by atoms with Crippen LogP contribution in [-0.4, -0.2) is 77.6 Å². The lowest BCUT2D eigenvalue weighted by Gasteiger charge is -2.48. The average Bonchev–Trinajstić information content (AvgIpc) is 3.19. The number of nitrogens with zero attached hydrogens (tertiary/aromatic N) is 5. The maximum absolute atomic E-state index is 5.58. The third-order valence-corrected chi connectivity index (χ3v) is 5.93. The molecule has 0 atom stereocenters. The Hall–Kier alpha value is -0.940. The summed E-state index contributed by atoms with van der Waals surface area (Å²) in [6.07, 6.45) is 9.21. The van der Waals surface area contributed by atoms with E-state index in [0.29, 0.717) is 0 Å². The molecule has 9 heteroatoms. The summed E-state index contributed by atoms with van der Waals surface area (Å²) in [4.78, 5) is 7.07. The highest BCUT2D eigenvalue weighted by Crippen LogP contribution is 2.33. The maximum atomic E-state index is 5.58. The predicted octanol–water partition coefficient (Wildman–Crippen LogP) is 1.66. The van der Waals surface area contributed by atoms with Crippen molar-refractivity contribution in [2.75, 3.05) is 46.4 Å². The molecule has 160 valence electrons. The zero-order valence-electron chi connectivity index (χ0n) is 17.3. The largest absolute Gasteiger partial charge is 0.379 e. The molecule has 2 fully saturated rings. The molecule has 2 N–H and O–H groups in total. The van der Waals surface area contributed by atoms with Gasteiger partial charge in [-0.05, 0) is 12.8 Å². The molecule has 2 heterocycles. The molecule has 28 heavy (non-hydrogen) atoms. The summed E-state index contributed by atoms with van der Waals surface area (Å²) in [6, 6.07) is 0. The van der Waals surface area contributed by atoms with Crippen molar-refractivity contribution in [2.45, 2.75) is 57.5 Å². The van der Waals surface area contributed by atoms with Gasteiger partial charge in [0.15, 0.2) is 5.96 Å². The molecule has 0 spiro atoms. The number of rotatable bonds is 7. The summed E-state index contributed by atoms with van der Waals surface area (Å²) in [5.41, 5.74) is 0.239. The SMILES string of the molecule is CCc1nncn1CCNC(=NC)NCC1(N2CCOCC2)CCCCC1.I. The highest BCUT2D eigenvalue weighted by Gasteiger charge is 2.38. The fourth-order valence-electron chi connectivity index (χ4n) is 4.36. The number of hydrogen-bond donors (Lipinski definition) is 2. The van der Waals surface area contributed by atoms with E-state index in [-0.39, 0.29) is 29.5 Å². The molecule has 1 aromatic rings. The van der Waals surface area contributed by atoms with E-state index in [1.165, 1.54) is 32.1 Å². The zero-order valence-corrected chi connectivity index (χ0v) is 19.7. The van der Waals surface area contributed by atoms with Crippen molar-refractivity contribution in [2.24, 2.45) is 4.99 Å². The number of aliphatic imine (C=N–C) groups is 1. The van der Waals surface area contributed by atoms with Crippen LogP contribution >= 0.6 is 24.0 Å². The predicted molar refractivity (Wildman–Crippen MR) is 122 cm³/mol. The van der Waals surface area contributed by atoms with Gasteiger partial charge in [0.2, 0.25) is 0 Å². The Bertz CT molecular complexity index is 595. The molecule has 0 unspecified atom stereocenters. The molecule has 0 bridgehead atoms. The highest BCUT2D eigenvalue weighted by molar-refractivity contribution is 14.0. The summed E-state index contributed by atoms with van der Waals surface area (Å²) in [7, 11) is 1.84. The first-order chi connectivity index (χ1) is 13.3. The lowest BCUT2D eigenvalue weighted by atomic mass is 9.80. The minimum atomic E-state index is 0. The number of hydrogen-bond acceptors (Lipinski definition) is 5. The van der Waals surface area contributed by atoms with E-state index in [9.17, 15) is 0 Å². The van der Waals surface area contributed by atoms with Gasteiger partial charge in [0.25, 0.3) is 0 Å². The summed E-state index contributed by atoms with van der Waals surface area (Å²) >= 11 is 0. The normalized spacial score (nSPS) is 20.4. The Morgan fingerprint density at radius 1 is 1.21 bits per heavy atom. The van der Waals surface area contributed by atoms with Gasteiger partial charge in [-0.1, -0.05) is 26.2 Å². The maximum Gasteiger partial charge on any atom is 0.191 e. The van der Waals surface area contributed by atoms with Crippen LogP contribution in [0.4, 0.5) is 0 Å². The van der Waals surface area contributed by atoms with E-state index in [1.54, 1.807) is 6.33 Å². The van der Waals surface area contributed by atoms with E-state index in [1.807, 2.05) is 7.05 Å². The second-order valence-corrected chi connectivity index (χ2v) is 7.53. The van der Waals surface area contributed by atoms with Crippen molar-refractivity contribution in [3.8, 4) is 0 Å². The van der Waals surface area contributed by atoms with Crippen molar-refractivity contribution in [1.82, 2.24) is 30.3 Å². The Balaban J connectivity index is 0.00000280. The van der Waals surface area contributed by atoms with Crippen LogP contribution < -0.4 is 10.6 Å². The van der Waals surface area contributed by atoms with Gasteiger partial charge in [0.1, 0.15) is 12.2 Å². The Labute approximate surface area is 185 Å². The summed E-state index contributed by atoms with van der Waals surface area (Å²) in [6.45, 7) is 8.48. The van der Waals surface area contributed by atoms with Crippen LogP contribution in [0.25, 0.3) is 0 Å². The molecule has 1 aliphatic heterocycles. The van der Waals surface area contributed by atoms with Crippen LogP contribution in [0.3, 0.4) is 0 Å². The van der Waals surface area contributed by atoms with Crippen LogP contribution in [0.15, 0.2) is 11.3 Å². The van der Waals surface area contributed by atoms with Gasteiger partial charge >= 0.3 is 0 Å². The van der Waals surface area contributed by atoms with Gasteiger partial charge in [-0.15, -0.1) is 34.2 Å². The van der Waals surface area contributed by atoms with Crippen LogP contribution in [-0.2, 0) is 17.7 Å². The fraction of sp³-hybridized carbons (Fsp3) is 0.842. The molecule has 2 aliphatic rings. The van der Waals surface area contributed by atoms with Crippen LogP contribution in [0.2, 0.25) is 0 Å². The third kappa shape index (κ3) is 6.03. The molecule has 0 radical (unpaired) electrons. The first-order valence-corrected chi connectivity index (χ1v) is 10.4. The van der Waals surface area contributed by atoms with Gasteiger partial charge in [0, 0.05) is 51.7 Å². The number of morpholine rings is 1. The number of guanidine groups is 1. The van der Waals surface area contributed by atoms with Gasteiger partial charge in [0.05, 0.1) is 13.2 Å². The summed E-state index contributed by atoms with van der Waals surface area (Å²) in [5.74, 6) is 1.90. The van der Waals surface area contributed by atoms with Crippen molar-refractivity contribution in [3.05, 3.63) is 12.2 Å². The Morgan fingerprint density at radius 2 is 1.96 bits per heavy atom. The van der Waals surface area contributed by atoms with Crippen LogP contribution in [0.1, 0.15) is 44.9 Å². The first-order valence-electron chi connectivity index (χ1n) is 10.4. The summed E-state index contributed by atoms with van der Waals surface area (Å²) < 4.78 is 7.67. The van der Waals surface area contributed by atoms with E-state index in [2.05, 4.69) is 42.2 Å². The van der Waals surface area contributed by atoms with Crippen molar-refractivity contribution >= 4 is 29.9 Å². The van der Waals surface area contributed by atoms with Crippen LogP contribution in [0, 0.1) is 0 Å². The minimum Gasteiger partial charge on any atom is -0.379 e. The van der Waals surface area contributed by atoms with Crippen molar-refractivity contribution in [3.63, 3.8) is 0 Å². The van der Waals surface area contributed by atoms with Gasteiger partial charge in [-0.2, -0.15) is 0 Å². The third-order valence-electron chi connectivity index (χ3n) is 5.93. The number of ether oxygens (including phenoxy) is 1. The van der Waals surface area contributed by atoms with Crippen molar-refractivity contribution in [1.29, 1.82) is 0 Å². The molecule has 1 aromatic heterocycles. The molecule has 3 rings (SSSR count). The van der Waals surface area contributed by atoms with Crippen LogP contribution in [0.5, 0.6) is 0 Å². The van der Waals surface area contributed by atoms with Crippen molar-refractivity contribution < 1.29 is 4.74 Å². The zero-order chi connectivity index (χ0) is 19.0. The standard InChI is InChI=1S/C19H35N7O.HI/c1-3-17-24-23-16-25(17)10-9-21-18(20-2)22-15-19(7-5-4-6-8-19)26-11-13-27-14-12-26;/h16H,3-15H2,1-2H3,(H2,20,21,22);1H. The lowest BCUT2D eigenvalue weighted by molar-refractivity contribution is -0.0352. The summed E-state index contributed by atoms with van der Waals surface area (Å²) in [5, 5.41) is 15.2. The molecule has 0 amide bonds. The second-order valence-electron chi connectivity index (χ2n) is 7.53. The molecular weight excluding hydrogens is 469 g/mol. The topological polar surface area (TPSA) is 79.6 Å². The number of aryl methyl sites for hydroxylation is 1. The van der Waals surface area contributed by atoms with Gasteiger partial charge in [-0.25, -0.2) is 0 Å². The molecule has 8 nitrogen and oxygen atoms in total. The number of halogens is 1. The molecule has 1 aliphatic carbocycles. The smallest absolute Gasteiger partial charge is 0.191 e. The van der Waals surface area contributed by atoms with E-state index >= 15 is 0 Å². The lowest BCUT2D eigenvalue weighted by Crippen LogP contribution is -2.60. The fourth-order valence-corrected chi connectivity index (χ4v) is 4.36. The second kappa shape index (κ2) is 11.9. The monoisotopic (exact) mass is 505 g/mol. The van der Waals surface area contributed by atoms with Gasteiger partial charge < -0.3 is 19.9 Å². The molecular formula is C19H36IN7O. The minimum absolute atomic E-state index is 0. The van der Waals surface area contributed by atoms with Gasteiger partial charge in [-0.3, -0.25) is 9.89 Å². The van der Waals surface area contributed by atoms with E-state index in [0.717, 1.165) is 64.1 Å². The van der Waals surface area contributed by atoms with E-state index < -0.39 is 0 Å². The first kappa shape index (κ1) is 23.3. The quantitative estimate of drug-likeness (QED) is 0.334. The number of nitrogens with one attached hydrogen (secondary N) is 2. The molecule has 1 saturated heterocycles. The molecule has 1 saturated carbocycles. The highest BCUT2D eigenvalue weighted by atomic mass is 127. The van der Waals surface area contributed by atoms with E-state index in [4.69, 9.17) is 4.74 Å². The Morgan fingerprint density at radius 3 is 2.64 bits per heavy atom. The Kier molecular flexibility index (Phi) is 9.93. The number of aromatic nitrogens is 3.